The van der Waals surface area contributed by atoms with Crippen LogP contribution >= 0.6 is 22.9 Å². The molecule has 0 bridgehead atoms. The van der Waals surface area contributed by atoms with Gasteiger partial charge in [-0.3, -0.25) is 0 Å². The van der Waals surface area contributed by atoms with E-state index < -0.39 is 0 Å². The van der Waals surface area contributed by atoms with Crippen molar-refractivity contribution in [2.24, 2.45) is 0 Å². The molecule has 0 aliphatic rings. The topological polar surface area (TPSA) is 15.3 Å². The van der Waals surface area contributed by atoms with Crippen molar-refractivity contribution in [3.8, 4) is 0 Å². The maximum atomic E-state index is 6.21. The summed E-state index contributed by atoms with van der Waals surface area (Å²) in [5, 5.41) is 6.50. The molecule has 0 aromatic carbocycles. The van der Waals surface area contributed by atoms with Gasteiger partial charge in [-0.1, -0.05) is 32.4 Å². The monoisotopic (exact) mass is 274 g/mol. The van der Waals surface area contributed by atoms with Crippen molar-refractivity contribution in [3.05, 3.63) is 21.3 Å². The van der Waals surface area contributed by atoms with Gasteiger partial charge in [-0.25, -0.2) is 0 Å². The minimum atomic E-state index is 0.396. The predicted molar refractivity (Wildman–Crippen MR) is 78.2 cm³/mol. The molecule has 1 unspecified atom stereocenters. The highest BCUT2D eigenvalue weighted by molar-refractivity contribution is 7.10. The Labute approximate surface area is 114 Å². The molecule has 0 radical (unpaired) electrons. The lowest BCUT2D eigenvalue weighted by molar-refractivity contribution is 0.283. The average Bonchev–Trinajstić information content (AvgIpc) is 2.75. The molecule has 0 amide bonds. The molecule has 4 heteroatoms. The Kier molecular flexibility index (Phi) is 7.12. The van der Waals surface area contributed by atoms with Crippen LogP contribution in [0.1, 0.15) is 38.1 Å². The van der Waals surface area contributed by atoms with Crippen LogP contribution in [-0.4, -0.2) is 31.1 Å². The summed E-state index contributed by atoms with van der Waals surface area (Å²) in [5.74, 6) is 0. The van der Waals surface area contributed by atoms with Gasteiger partial charge >= 0.3 is 0 Å². The Balaban J connectivity index is 2.58. The highest BCUT2D eigenvalue weighted by Gasteiger charge is 2.15. The summed E-state index contributed by atoms with van der Waals surface area (Å²) < 4.78 is 0. The van der Waals surface area contributed by atoms with Crippen LogP contribution in [0.4, 0.5) is 0 Å². The van der Waals surface area contributed by atoms with Gasteiger partial charge < -0.3 is 10.2 Å². The second-order valence-corrected chi connectivity index (χ2v) is 5.41. The Morgan fingerprint density at radius 1 is 1.35 bits per heavy atom. The van der Waals surface area contributed by atoms with E-state index in [1.165, 1.54) is 4.88 Å². The molecule has 0 saturated heterocycles. The normalized spacial score (nSPS) is 13.2. The summed E-state index contributed by atoms with van der Waals surface area (Å²) in [6.45, 7) is 10.9. The number of rotatable bonds is 8. The summed E-state index contributed by atoms with van der Waals surface area (Å²) in [4.78, 5) is 3.73. The largest absolute Gasteiger partial charge is 0.309 e. The van der Waals surface area contributed by atoms with Crippen LogP contribution in [-0.2, 0) is 0 Å². The van der Waals surface area contributed by atoms with Gasteiger partial charge in [0.25, 0.3) is 0 Å². The van der Waals surface area contributed by atoms with Crippen molar-refractivity contribution in [1.82, 2.24) is 10.2 Å². The lowest BCUT2D eigenvalue weighted by Crippen LogP contribution is -2.29. The van der Waals surface area contributed by atoms with Crippen LogP contribution in [0.25, 0.3) is 0 Å². The molecule has 2 nitrogen and oxygen atoms in total. The van der Waals surface area contributed by atoms with Crippen molar-refractivity contribution >= 4 is 22.9 Å². The van der Waals surface area contributed by atoms with E-state index in [1.54, 1.807) is 11.3 Å². The number of thiophene rings is 1. The molecule has 98 valence electrons. The molecule has 1 rings (SSSR count). The summed E-state index contributed by atoms with van der Waals surface area (Å²) in [7, 11) is 0. The first-order chi connectivity index (χ1) is 8.22. The van der Waals surface area contributed by atoms with Crippen LogP contribution in [0.5, 0.6) is 0 Å². The highest BCUT2D eigenvalue weighted by atomic mass is 35.5. The summed E-state index contributed by atoms with van der Waals surface area (Å²) in [6.07, 6.45) is 1.12. The quantitative estimate of drug-likeness (QED) is 0.776. The van der Waals surface area contributed by atoms with Gasteiger partial charge in [0.2, 0.25) is 0 Å². The van der Waals surface area contributed by atoms with E-state index in [1.807, 2.05) is 6.07 Å². The standard InChI is InChI=1S/C13H23ClN2S/c1-4-15-12(7-9-16(5-2)6-3)13-11(14)8-10-17-13/h8,10,12,15H,4-7,9H2,1-3H3. The lowest BCUT2D eigenvalue weighted by atomic mass is 10.1. The summed E-state index contributed by atoms with van der Waals surface area (Å²) in [6, 6.07) is 2.39. The molecule has 0 saturated carbocycles. The Morgan fingerprint density at radius 3 is 2.53 bits per heavy atom. The van der Waals surface area contributed by atoms with Gasteiger partial charge in [-0.2, -0.15) is 0 Å². The zero-order chi connectivity index (χ0) is 12.7. The third kappa shape index (κ3) is 4.59. The van der Waals surface area contributed by atoms with Crippen molar-refractivity contribution in [2.45, 2.75) is 33.2 Å². The van der Waals surface area contributed by atoms with Crippen molar-refractivity contribution < 1.29 is 0 Å². The maximum Gasteiger partial charge on any atom is 0.0561 e. The van der Waals surface area contributed by atoms with Crippen molar-refractivity contribution in [1.29, 1.82) is 0 Å². The number of hydrogen-bond acceptors (Lipinski definition) is 3. The second-order valence-electron chi connectivity index (χ2n) is 4.06. The van der Waals surface area contributed by atoms with Gasteiger partial charge in [-0.05, 0) is 44.0 Å². The van der Waals surface area contributed by atoms with Crippen molar-refractivity contribution in [3.63, 3.8) is 0 Å². The van der Waals surface area contributed by atoms with Gasteiger partial charge in [0, 0.05) is 10.9 Å². The summed E-state index contributed by atoms with van der Waals surface area (Å²) in [5.41, 5.74) is 0. The Bertz CT molecular complexity index is 310. The lowest BCUT2D eigenvalue weighted by Gasteiger charge is -2.23. The van der Waals surface area contributed by atoms with E-state index in [2.05, 4.69) is 36.4 Å². The van der Waals surface area contributed by atoms with Gasteiger partial charge in [0.05, 0.1) is 5.02 Å². The number of nitrogens with one attached hydrogen (secondary N) is 1. The zero-order valence-electron chi connectivity index (χ0n) is 11.0. The molecule has 1 atom stereocenters. The Hall–Kier alpha value is -0.0900. The van der Waals surface area contributed by atoms with Crippen LogP contribution in [0.3, 0.4) is 0 Å². The first kappa shape index (κ1) is 15.0. The van der Waals surface area contributed by atoms with Crippen LogP contribution in [0.15, 0.2) is 11.4 Å². The molecule has 0 aliphatic heterocycles. The molecule has 1 aromatic rings. The molecular weight excluding hydrogens is 252 g/mol. The molecule has 0 spiro atoms. The van der Waals surface area contributed by atoms with E-state index in [0.717, 1.165) is 37.6 Å². The molecule has 0 aliphatic carbocycles. The fraction of sp³-hybridized carbons (Fsp3) is 0.692. The molecule has 17 heavy (non-hydrogen) atoms. The van der Waals surface area contributed by atoms with Gasteiger partial charge in [0.1, 0.15) is 0 Å². The zero-order valence-corrected chi connectivity index (χ0v) is 12.6. The average molecular weight is 275 g/mol. The van der Waals surface area contributed by atoms with E-state index in [-0.39, 0.29) is 0 Å². The van der Waals surface area contributed by atoms with E-state index in [9.17, 15) is 0 Å². The molecular formula is C13H23ClN2S. The van der Waals surface area contributed by atoms with E-state index in [4.69, 9.17) is 11.6 Å². The molecule has 1 aromatic heterocycles. The fourth-order valence-corrected chi connectivity index (χ4v) is 3.28. The smallest absolute Gasteiger partial charge is 0.0561 e. The third-order valence-corrected chi connectivity index (χ3v) is 4.51. The number of halogens is 1. The highest BCUT2D eigenvalue weighted by Crippen LogP contribution is 2.30. The Morgan fingerprint density at radius 2 is 2.06 bits per heavy atom. The van der Waals surface area contributed by atoms with Crippen LogP contribution in [0, 0.1) is 0 Å². The first-order valence-corrected chi connectivity index (χ1v) is 7.67. The minimum Gasteiger partial charge on any atom is -0.309 e. The maximum absolute atomic E-state index is 6.21. The molecule has 1 heterocycles. The minimum absolute atomic E-state index is 0.396. The molecule has 1 N–H and O–H groups in total. The van der Waals surface area contributed by atoms with Gasteiger partial charge in [0.15, 0.2) is 0 Å². The fourth-order valence-electron chi connectivity index (χ4n) is 1.98. The van der Waals surface area contributed by atoms with E-state index >= 15 is 0 Å². The third-order valence-electron chi connectivity index (χ3n) is 3.04. The number of nitrogens with zero attached hydrogens (tertiary/aromatic N) is 1. The van der Waals surface area contributed by atoms with Crippen LogP contribution < -0.4 is 5.32 Å². The summed E-state index contributed by atoms with van der Waals surface area (Å²) >= 11 is 7.96. The van der Waals surface area contributed by atoms with Crippen LogP contribution in [0.2, 0.25) is 5.02 Å². The van der Waals surface area contributed by atoms with Gasteiger partial charge in [-0.15, -0.1) is 11.3 Å². The van der Waals surface area contributed by atoms with E-state index in [0.29, 0.717) is 6.04 Å². The second kappa shape index (κ2) is 8.09. The predicted octanol–water partition coefficient (Wildman–Crippen LogP) is 3.78. The molecule has 0 fully saturated rings. The SMILES string of the molecule is CCNC(CCN(CC)CC)c1sccc1Cl. The first-order valence-electron chi connectivity index (χ1n) is 6.41. The van der Waals surface area contributed by atoms with Crippen molar-refractivity contribution in [2.75, 3.05) is 26.2 Å². The number of hydrogen-bond donors (Lipinski definition) is 1.